The minimum absolute atomic E-state index is 0.360. The second-order valence-corrected chi connectivity index (χ2v) is 8.49. The van der Waals surface area contributed by atoms with Gasteiger partial charge in [0.05, 0.1) is 0 Å². The van der Waals surface area contributed by atoms with Gasteiger partial charge in [-0.2, -0.15) is 0 Å². The van der Waals surface area contributed by atoms with Crippen LogP contribution in [0.2, 0.25) is 10.0 Å². The van der Waals surface area contributed by atoms with Gasteiger partial charge in [0.2, 0.25) is 0 Å². The van der Waals surface area contributed by atoms with Crippen LogP contribution in [-0.4, -0.2) is 31.1 Å². The van der Waals surface area contributed by atoms with Gasteiger partial charge in [0, 0.05) is 27.7 Å². The third-order valence-corrected chi connectivity index (χ3v) is 5.91. The summed E-state index contributed by atoms with van der Waals surface area (Å²) in [6.45, 7) is 10.3. The maximum absolute atomic E-state index is 6.26. The minimum atomic E-state index is 0.360. The van der Waals surface area contributed by atoms with Crippen LogP contribution in [0.5, 0.6) is 5.75 Å². The van der Waals surface area contributed by atoms with Gasteiger partial charge in [-0.05, 0) is 63.6 Å². The number of halogens is 2. The van der Waals surface area contributed by atoms with Gasteiger partial charge < -0.3 is 15.0 Å². The number of nitrogens with one attached hydrogen (secondary N) is 1. The van der Waals surface area contributed by atoms with Crippen LogP contribution in [0.15, 0.2) is 42.5 Å². The maximum atomic E-state index is 6.26. The van der Waals surface area contributed by atoms with E-state index in [0.29, 0.717) is 16.7 Å². The summed E-state index contributed by atoms with van der Waals surface area (Å²) in [5.41, 5.74) is 1.97. The van der Waals surface area contributed by atoms with E-state index in [-0.39, 0.29) is 0 Å². The molecule has 0 aliphatic heterocycles. The standard InChI is InChI=1S/C25H36Cl2N2O/c1-3-5-16-29(17-6-4-2)18-10-15-28-19-21-11-7-8-14-25(21)30-20-22-23(26)12-9-13-24(22)27/h7-9,11-14,28H,3-6,10,15-20H2,1-2H3. The van der Waals surface area contributed by atoms with Crippen molar-refractivity contribution in [1.82, 2.24) is 10.2 Å². The van der Waals surface area contributed by atoms with E-state index in [1.165, 1.54) is 38.8 Å². The van der Waals surface area contributed by atoms with Gasteiger partial charge in [0.15, 0.2) is 0 Å². The van der Waals surface area contributed by atoms with E-state index in [1.807, 2.05) is 36.4 Å². The first-order chi connectivity index (χ1) is 14.7. The Kier molecular flexibility index (Phi) is 12.2. The van der Waals surface area contributed by atoms with Crippen LogP contribution in [0.4, 0.5) is 0 Å². The molecule has 0 saturated heterocycles. The molecule has 2 rings (SSSR count). The fraction of sp³-hybridized carbons (Fsp3) is 0.520. The predicted octanol–water partition coefficient (Wildman–Crippen LogP) is 6.95. The Balaban J connectivity index is 1.79. The number of para-hydroxylation sites is 1. The SMILES string of the molecule is CCCCN(CCCC)CCCNCc1ccccc1OCc1c(Cl)cccc1Cl. The zero-order valence-corrected chi connectivity index (χ0v) is 19.9. The van der Waals surface area contributed by atoms with Crippen molar-refractivity contribution in [2.45, 2.75) is 59.1 Å². The Morgan fingerprint density at radius 2 is 1.47 bits per heavy atom. The van der Waals surface area contributed by atoms with Crippen LogP contribution in [0, 0.1) is 0 Å². The average molecular weight is 451 g/mol. The average Bonchev–Trinajstić information content (AvgIpc) is 2.75. The number of rotatable bonds is 15. The van der Waals surface area contributed by atoms with Crippen molar-refractivity contribution in [3.8, 4) is 5.75 Å². The van der Waals surface area contributed by atoms with E-state index in [1.54, 1.807) is 0 Å². The van der Waals surface area contributed by atoms with Crippen molar-refractivity contribution < 1.29 is 4.74 Å². The Morgan fingerprint density at radius 1 is 0.833 bits per heavy atom. The quantitative estimate of drug-likeness (QED) is 0.297. The zero-order valence-electron chi connectivity index (χ0n) is 18.4. The molecule has 0 aromatic heterocycles. The van der Waals surface area contributed by atoms with Gasteiger partial charge in [0.25, 0.3) is 0 Å². The molecule has 0 aliphatic carbocycles. The van der Waals surface area contributed by atoms with Crippen LogP contribution >= 0.6 is 23.2 Å². The molecule has 0 unspecified atom stereocenters. The van der Waals surface area contributed by atoms with E-state index in [9.17, 15) is 0 Å². The highest BCUT2D eigenvalue weighted by molar-refractivity contribution is 6.35. The van der Waals surface area contributed by atoms with Gasteiger partial charge in [-0.25, -0.2) is 0 Å². The summed E-state index contributed by atoms with van der Waals surface area (Å²) >= 11 is 12.5. The highest BCUT2D eigenvalue weighted by atomic mass is 35.5. The number of ether oxygens (including phenoxy) is 1. The maximum Gasteiger partial charge on any atom is 0.124 e. The van der Waals surface area contributed by atoms with Crippen molar-refractivity contribution in [1.29, 1.82) is 0 Å². The highest BCUT2D eigenvalue weighted by Gasteiger charge is 2.09. The molecule has 2 aromatic rings. The number of nitrogens with zero attached hydrogens (tertiary/aromatic N) is 1. The lowest BCUT2D eigenvalue weighted by Crippen LogP contribution is -2.29. The third-order valence-electron chi connectivity index (χ3n) is 5.21. The molecule has 0 atom stereocenters. The van der Waals surface area contributed by atoms with E-state index < -0.39 is 0 Å². The van der Waals surface area contributed by atoms with E-state index in [0.717, 1.165) is 42.9 Å². The second-order valence-electron chi connectivity index (χ2n) is 7.68. The molecule has 0 fully saturated rings. The Hall–Kier alpha value is -1.26. The number of benzene rings is 2. The summed E-state index contributed by atoms with van der Waals surface area (Å²) in [5, 5.41) is 4.84. The molecule has 0 saturated carbocycles. The third kappa shape index (κ3) is 8.85. The van der Waals surface area contributed by atoms with E-state index in [4.69, 9.17) is 27.9 Å². The van der Waals surface area contributed by atoms with E-state index in [2.05, 4.69) is 30.1 Å². The molecule has 0 radical (unpaired) electrons. The zero-order chi connectivity index (χ0) is 21.6. The smallest absolute Gasteiger partial charge is 0.124 e. The van der Waals surface area contributed by atoms with Crippen molar-refractivity contribution in [3.63, 3.8) is 0 Å². The number of hydrogen-bond donors (Lipinski definition) is 1. The Labute approximate surface area is 192 Å². The molecule has 5 heteroatoms. The van der Waals surface area contributed by atoms with Gasteiger partial charge in [-0.15, -0.1) is 0 Å². The van der Waals surface area contributed by atoms with Crippen LogP contribution in [0.25, 0.3) is 0 Å². The first-order valence-corrected chi connectivity index (χ1v) is 12.0. The first-order valence-electron chi connectivity index (χ1n) is 11.2. The molecule has 0 heterocycles. The summed E-state index contributed by atoms with van der Waals surface area (Å²) in [4.78, 5) is 2.61. The fourth-order valence-electron chi connectivity index (χ4n) is 3.36. The molecule has 30 heavy (non-hydrogen) atoms. The minimum Gasteiger partial charge on any atom is -0.488 e. The van der Waals surface area contributed by atoms with Gasteiger partial charge in [-0.1, -0.05) is 74.2 Å². The van der Waals surface area contributed by atoms with Crippen molar-refractivity contribution >= 4 is 23.2 Å². The van der Waals surface area contributed by atoms with Crippen LogP contribution in [0.1, 0.15) is 57.1 Å². The lowest BCUT2D eigenvalue weighted by atomic mass is 10.2. The molecule has 0 spiro atoms. The van der Waals surface area contributed by atoms with Gasteiger partial charge >= 0.3 is 0 Å². The predicted molar refractivity (Wildman–Crippen MR) is 130 cm³/mol. The summed E-state index contributed by atoms with van der Waals surface area (Å²) in [7, 11) is 0. The van der Waals surface area contributed by atoms with Gasteiger partial charge in [-0.3, -0.25) is 0 Å². The topological polar surface area (TPSA) is 24.5 Å². The van der Waals surface area contributed by atoms with Crippen molar-refractivity contribution in [2.75, 3.05) is 26.2 Å². The highest BCUT2D eigenvalue weighted by Crippen LogP contribution is 2.27. The monoisotopic (exact) mass is 450 g/mol. The summed E-state index contributed by atoms with van der Waals surface area (Å²) in [6.07, 6.45) is 6.26. The summed E-state index contributed by atoms with van der Waals surface area (Å²) in [6, 6.07) is 13.7. The normalized spacial score (nSPS) is 11.2. The molecular formula is C25H36Cl2N2O. The number of unbranched alkanes of at least 4 members (excludes halogenated alkanes) is 2. The lowest BCUT2D eigenvalue weighted by Gasteiger charge is -2.22. The van der Waals surface area contributed by atoms with Crippen molar-refractivity contribution in [3.05, 3.63) is 63.6 Å². The lowest BCUT2D eigenvalue weighted by molar-refractivity contribution is 0.260. The molecule has 0 amide bonds. The summed E-state index contributed by atoms with van der Waals surface area (Å²) in [5.74, 6) is 0.869. The number of hydrogen-bond acceptors (Lipinski definition) is 3. The molecule has 0 aliphatic rings. The van der Waals surface area contributed by atoms with Crippen LogP contribution in [0.3, 0.4) is 0 Å². The first kappa shape index (κ1) is 25.0. The van der Waals surface area contributed by atoms with Crippen LogP contribution < -0.4 is 10.1 Å². The second kappa shape index (κ2) is 14.7. The molecule has 0 bridgehead atoms. The Morgan fingerprint density at radius 3 is 2.13 bits per heavy atom. The van der Waals surface area contributed by atoms with Gasteiger partial charge in [0.1, 0.15) is 12.4 Å². The van der Waals surface area contributed by atoms with Crippen molar-refractivity contribution in [2.24, 2.45) is 0 Å². The molecule has 166 valence electrons. The molecule has 1 N–H and O–H groups in total. The Bertz CT molecular complexity index is 711. The van der Waals surface area contributed by atoms with E-state index >= 15 is 0 Å². The molecule has 2 aromatic carbocycles. The molecular weight excluding hydrogens is 415 g/mol. The molecule has 3 nitrogen and oxygen atoms in total. The summed E-state index contributed by atoms with van der Waals surface area (Å²) < 4.78 is 6.05. The largest absolute Gasteiger partial charge is 0.488 e. The van der Waals surface area contributed by atoms with Crippen LogP contribution in [-0.2, 0) is 13.2 Å². The fourth-order valence-corrected chi connectivity index (χ4v) is 3.87.